The zero-order chi connectivity index (χ0) is 27.9. The highest BCUT2D eigenvalue weighted by atomic mass is 16.4. The van der Waals surface area contributed by atoms with Crippen molar-refractivity contribution in [1.29, 1.82) is 0 Å². The van der Waals surface area contributed by atoms with Gasteiger partial charge in [-0.25, -0.2) is 9.78 Å². The van der Waals surface area contributed by atoms with Crippen LogP contribution in [0.1, 0.15) is 66.4 Å². The molecule has 1 N–H and O–H groups in total. The fourth-order valence-electron chi connectivity index (χ4n) is 5.10. The topological polar surface area (TPSA) is 58.4 Å². The van der Waals surface area contributed by atoms with Crippen LogP contribution in [0.2, 0.25) is 0 Å². The maximum atomic E-state index is 11.4. The molecule has 0 bridgehead atoms. The summed E-state index contributed by atoms with van der Waals surface area (Å²) in [6.45, 7) is 14.3. The van der Waals surface area contributed by atoms with E-state index in [4.69, 9.17) is 4.98 Å². The van der Waals surface area contributed by atoms with Crippen molar-refractivity contribution in [1.82, 2.24) is 14.5 Å². The highest BCUT2D eigenvalue weighted by Crippen LogP contribution is 2.33. The van der Waals surface area contributed by atoms with Crippen LogP contribution in [0.4, 0.5) is 0 Å². The number of aryl methyl sites for hydroxylation is 2. The van der Waals surface area contributed by atoms with Gasteiger partial charge in [-0.05, 0) is 49.4 Å². The van der Waals surface area contributed by atoms with Crippen molar-refractivity contribution >= 4 is 5.97 Å². The van der Waals surface area contributed by atoms with Crippen molar-refractivity contribution in [3.63, 3.8) is 0 Å². The van der Waals surface area contributed by atoms with Crippen LogP contribution < -0.4 is 0 Å². The van der Waals surface area contributed by atoms with E-state index < -0.39 is 5.97 Å². The van der Waals surface area contributed by atoms with Gasteiger partial charge < -0.3 is 9.67 Å². The Bertz CT molecular complexity index is 1390. The van der Waals surface area contributed by atoms with Crippen molar-refractivity contribution in [3.05, 3.63) is 101 Å². The third-order valence-corrected chi connectivity index (χ3v) is 7.12. The fourth-order valence-corrected chi connectivity index (χ4v) is 5.10. The van der Waals surface area contributed by atoms with Gasteiger partial charge in [0.2, 0.25) is 0 Å². The van der Waals surface area contributed by atoms with Gasteiger partial charge in [-0.3, -0.25) is 4.90 Å². The molecule has 3 aromatic carbocycles. The monoisotopic (exact) mass is 523 g/mol. The number of unbranched alkanes of at least 4 members (excludes halogenated alkanes) is 1. The summed E-state index contributed by atoms with van der Waals surface area (Å²) < 4.78 is 2.45. The van der Waals surface area contributed by atoms with Crippen LogP contribution in [0.15, 0.2) is 72.8 Å². The minimum atomic E-state index is -0.896. The molecule has 0 amide bonds. The predicted molar refractivity (Wildman–Crippen MR) is 160 cm³/mol. The largest absolute Gasteiger partial charge is 0.478 e. The molecule has 0 aliphatic heterocycles. The molecule has 5 heteroatoms. The van der Waals surface area contributed by atoms with E-state index in [2.05, 4.69) is 92.6 Å². The Morgan fingerprint density at radius 3 is 2.26 bits per heavy atom. The normalized spacial score (nSPS) is 11.5. The van der Waals surface area contributed by atoms with Crippen molar-refractivity contribution in [2.75, 3.05) is 6.54 Å². The van der Waals surface area contributed by atoms with E-state index in [0.29, 0.717) is 11.5 Å². The number of aromatic carboxylic acids is 1. The Kier molecular flexibility index (Phi) is 9.36. The molecule has 0 saturated carbocycles. The van der Waals surface area contributed by atoms with E-state index in [9.17, 15) is 9.90 Å². The Balaban J connectivity index is 1.82. The molecule has 0 atom stereocenters. The Morgan fingerprint density at radius 2 is 1.64 bits per heavy atom. The molecule has 0 aliphatic carbocycles. The van der Waals surface area contributed by atoms with Crippen molar-refractivity contribution in [2.45, 2.75) is 67.1 Å². The Labute approximate surface area is 233 Å². The van der Waals surface area contributed by atoms with Gasteiger partial charge in [-0.2, -0.15) is 0 Å². The first kappa shape index (κ1) is 28.3. The number of hydrogen-bond donors (Lipinski definition) is 1. The number of aromatic nitrogens is 2. The molecule has 1 heterocycles. The molecule has 39 heavy (non-hydrogen) atoms. The van der Waals surface area contributed by atoms with Gasteiger partial charge in [0, 0.05) is 37.3 Å². The van der Waals surface area contributed by atoms with Crippen molar-refractivity contribution in [3.8, 4) is 22.6 Å². The lowest BCUT2D eigenvalue weighted by Crippen LogP contribution is -2.28. The quantitative estimate of drug-likeness (QED) is 0.204. The van der Waals surface area contributed by atoms with Gasteiger partial charge in [-0.1, -0.05) is 93.4 Å². The predicted octanol–water partition coefficient (Wildman–Crippen LogP) is 7.99. The molecule has 204 valence electrons. The Hall–Kier alpha value is -3.70. The van der Waals surface area contributed by atoms with Crippen LogP contribution in [-0.2, 0) is 19.6 Å². The second-order valence-electron chi connectivity index (χ2n) is 11.0. The summed E-state index contributed by atoms with van der Waals surface area (Å²) in [7, 11) is 0. The standard InChI is InChI=1S/C34H41N3O2/c1-6-7-20-37-31(23-36(21-24(2)3)22-27-14-18-29(19-15-27)34(38)39)32(28-16-12-25(4)13-17-28)35-33(37)30-11-9-8-10-26(30)5/h8-19,24H,6-7,20-23H2,1-5H3,(H,38,39). The smallest absolute Gasteiger partial charge is 0.335 e. The summed E-state index contributed by atoms with van der Waals surface area (Å²) in [4.78, 5) is 19.2. The molecule has 0 radical (unpaired) electrons. The number of benzene rings is 3. The first-order valence-electron chi connectivity index (χ1n) is 14.0. The summed E-state index contributed by atoms with van der Waals surface area (Å²) in [5.41, 5.74) is 8.46. The third-order valence-electron chi connectivity index (χ3n) is 7.12. The first-order chi connectivity index (χ1) is 18.8. The van der Waals surface area contributed by atoms with E-state index in [0.717, 1.165) is 61.7 Å². The molecular weight excluding hydrogens is 482 g/mol. The van der Waals surface area contributed by atoms with E-state index in [1.54, 1.807) is 12.1 Å². The van der Waals surface area contributed by atoms with Crippen molar-refractivity contribution < 1.29 is 9.90 Å². The van der Waals surface area contributed by atoms with Gasteiger partial charge >= 0.3 is 5.97 Å². The zero-order valence-corrected chi connectivity index (χ0v) is 23.9. The molecule has 0 unspecified atom stereocenters. The summed E-state index contributed by atoms with van der Waals surface area (Å²) in [6.07, 6.45) is 2.19. The van der Waals surface area contributed by atoms with Crippen LogP contribution in [0, 0.1) is 19.8 Å². The maximum Gasteiger partial charge on any atom is 0.335 e. The second-order valence-corrected chi connectivity index (χ2v) is 11.0. The number of rotatable bonds is 12. The number of hydrogen-bond acceptors (Lipinski definition) is 3. The molecule has 0 fully saturated rings. The lowest BCUT2D eigenvalue weighted by Gasteiger charge is -2.26. The molecule has 5 nitrogen and oxygen atoms in total. The SMILES string of the molecule is CCCCn1c(-c2ccccc2C)nc(-c2ccc(C)cc2)c1CN(Cc1ccc(C(=O)O)cc1)CC(C)C. The molecule has 0 spiro atoms. The zero-order valence-electron chi connectivity index (χ0n) is 23.9. The number of carboxylic acid groups (broad SMARTS) is 1. The van der Waals surface area contributed by atoms with Gasteiger partial charge in [0.1, 0.15) is 5.82 Å². The lowest BCUT2D eigenvalue weighted by atomic mass is 10.1. The van der Waals surface area contributed by atoms with Gasteiger partial charge in [0.25, 0.3) is 0 Å². The summed E-state index contributed by atoms with van der Waals surface area (Å²) in [5.74, 6) is 0.614. The average molecular weight is 524 g/mol. The molecule has 4 rings (SSSR count). The molecular formula is C34H41N3O2. The van der Waals surface area contributed by atoms with Crippen LogP contribution in [0.5, 0.6) is 0 Å². The number of imidazole rings is 1. The van der Waals surface area contributed by atoms with Gasteiger partial charge in [-0.15, -0.1) is 0 Å². The average Bonchev–Trinajstić information content (AvgIpc) is 3.25. The van der Waals surface area contributed by atoms with Crippen LogP contribution in [0.25, 0.3) is 22.6 Å². The number of nitrogens with zero attached hydrogens (tertiary/aromatic N) is 3. The van der Waals surface area contributed by atoms with E-state index in [1.165, 1.54) is 22.4 Å². The number of carbonyl (C=O) groups is 1. The third kappa shape index (κ3) is 7.04. The summed E-state index contributed by atoms with van der Waals surface area (Å²) >= 11 is 0. The van der Waals surface area contributed by atoms with Gasteiger partial charge in [0.15, 0.2) is 0 Å². The van der Waals surface area contributed by atoms with Crippen LogP contribution >= 0.6 is 0 Å². The highest BCUT2D eigenvalue weighted by molar-refractivity contribution is 5.87. The summed E-state index contributed by atoms with van der Waals surface area (Å²) in [5, 5.41) is 9.32. The number of carboxylic acids is 1. The summed E-state index contributed by atoms with van der Waals surface area (Å²) in [6, 6.07) is 24.5. The van der Waals surface area contributed by atoms with E-state index in [-0.39, 0.29) is 0 Å². The first-order valence-corrected chi connectivity index (χ1v) is 14.0. The lowest BCUT2D eigenvalue weighted by molar-refractivity contribution is 0.0697. The van der Waals surface area contributed by atoms with Crippen molar-refractivity contribution in [2.24, 2.45) is 5.92 Å². The van der Waals surface area contributed by atoms with E-state index in [1.807, 2.05) is 12.1 Å². The Morgan fingerprint density at radius 1 is 0.949 bits per heavy atom. The molecule has 4 aromatic rings. The molecule has 1 aromatic heterocycles. The molecule has 0 saturated heterocycles. The van der Waals surface area contributed by atoms with Crippen LogP contribution in [-0.4, -0.2) is 32.1 Å². The van der Waals surface area contributed by atoms with Gasteiger partial charge in [0.05, 0.1) is 17.0 Å². The van der Waals surface area contributed by atoms with E-state index >= 15 is 0 Å². The van der Waals surface area contributed by atoms with Crippen LogP contribution in [0.3, 0.4) is 0 Å². The minimum Gasteiger partial charge on any atom is -0.478 e. The second kappa shape index (κ2) is 12.9. The minimum absolute atomic E-state index is 0.316. The molecule has 0 aliphatic rings. The maximum absolute atomic E-state index is 11.4. The fraction of sp³-hybridized carbons (Fsp3) is 0.353. The highest BCUT2D eigenvalue weighted by Gasteiger charge is 2.23.